The van der Waals surface area contributed by atoms with E-state index in [1.807, 2.05) is 12.1 Å². The Labute approximate surface area is 128 Å². The van der Waals surface area contributed by atoms with Crippen molar-refractivity contribution in [3.63, 3.8) is 0 Å². The van der Waals surface area contributed by atoms with E-state index in [-0.39, 0.29) is 11.4 Å². The number of phenols is 1. The topological polar surface area (TPSA) is 75.4 Å². The zero-order valence-electron chi connectivity index (χ0n) is 10.1. The van der Waals surface area contributed by atoms with E-state index in [0.29, 0.717) is 17.3 Å². The fourth-order valence-corrected chi connectivity index (χ4v) is 2.21. The SMILES string of the molecule is O=[N+]([O-])c1cc(O)ccc1NCc1ccc(Cl)c(Br)c1. The monoisotopic (exact) mass is 356 g/mol. The van der Waals surface area contributed by atoms with E-state index >= 15 is 0 Å². The molecule has 0 fully saturated rings. The lowest BCUT2D eigenvalue weighted by molar-refractivity contribution is -0.384. The average Bonchev–Trinajstić information content (AvgIpc) is 2.41. The molecule has 0 amide bonds. The van der Waals surface area contributed by atoms with Crippen LogP contribution >= 0.6 is 27.5 Å². The number of nitro groups is 1. The fourth-order valence-electron chi connectivity index (χ4n) is 1.67. The average molecular weight is 358 g/mol. The lowest BCUT2D eigenvalue weighted by Gasteiger charge is -2.08. The Balaban J connectivity index is 2.18. The summed E-state index contributed by atoms with van der Waals surface area (Å²) in [5, 5.41) is 23.8. The molecule has 2 aromatic rings. The number of phenolic OH excluding ortho intramolecular Hbond substituents is 1. The summed E-state index contributed by atoms with van der Waals surface area (Å²) in [7, 11) is 0. The molecule has 0 aliphatic carbocycles. The van der Waals surface area contributed by atoms with E-state index in [1.165, 1.54) is 12.1 Å². The van der Waals surface area contributed by atoms with Crippen molar-refractivity contribution in [2.45, 2.75) is 6.54 Å². The van der Waals surface area contributed by atoms with Gasteiger partial charge in [-0.1, -0.05) is 17.7 Å². The van der Waals surface area contributed by atoms with Crippen LogP contribution in [-0.2, 0) is 6.54 Å². The molecule has 0 bridgehead atoms. The minimum Gasteiger partial charge on any atom is -0.508 e. The number of rotatable bonds is 4. The number of hydrogen-bond acceptors (Lipinski definition) is 4. The standard InChI is InChI=1S/C13H10BrClN2O3/c14-10-5-8(1-3-11(10)15)7-16-12-4-2-9(18)6-13(12)17(19)20/h1-6,16,18H,7H2. The number of aromatic hydroxyl groups is 1. The summed E-state index contributed by atoms with van der Waals surface area (Å²) in [6.45, 7) is 0.404. The van der Waals surface area contributed by atoms with E-state index in [4.69, 9.17) is 11.6 Å². The molecule has 2 N–H and O–H groups in total. The number of hydrogen-bond donors (Lipinski definition) is 2. The van der Waals surface area contributed by atoms with Gasteiger partial charge < -0.3 is 10.4 Å². The van der Waals surface area contributed by atoms with Crippen molar-refractivity contribution in [3.8, 4) is 5.75 Å². The predicted molar refractivity (Wildman–Crippen MR) is 81.2 cm³/mol. The van der Waals surface area contributed by atoms with Gasteiger partial charge in [0.1, 0.15) is 11.4 Å². The van der Waals surface area contributed by atoms with Crippen LogP contribution < -0.4 is 5.32 Å². The van der Waals surface area contributed by atoms with Crippen LogP contribution in [0, 0.1) is 10.1 Å². The van der Waals surface area contributed by atoms with Gasteiger partial charge in [-0.2, -0.15) is 0 Å². The molecule has 0 radical (unpaired) electrons. The Bertz CT molecular complexity index is 664. The zero-order chi connectivity index (χ0) is 14.7. The molecule has 5 nitrogen and oxygen atoms in total. The highest BCUT2D eigenvalue weighted by atomic mass is 79.9. The van der Waals surface area contributed by atoms with Gasteiger partial charge in [-0.25, -0.2) is 0 Å². The molecule has 0 atom stereocenters. The fraction of sp³-hybridized carbons (Fsp3) is 0.0769. The van der Waals surface area contributed by atoms with Crippen molar-refractivity contribution in [1.82, 2.24) is 0 Å². The molecule has 2 aromatic carbocycles. The van der Waals surface area contributed by atoms with E-state index < -0.39 is 4.92 Å². The minimum atomic E-state index is -0.542. The second-order valence-electron chi connectivity index (χ2n) is 4.06. The molecule has 0 aliphatic heterocycles. The number of nitrogens with one attached hydrogen (secondary N) is 1. The third kappa shape index (κ3) is 3.40. The molecule has 20 heavy (non-hydrogen) atoms. The molecule has 0 saturated carbocycles. The van der Waals surface area contributed by atoms with Crippen LogP contribution in [0.2, 0.25) is 5.02 Å². The maximum absolute atomic E-state index is 10.9. The van der Waals surface area contributed by atoms with Crippen LogP contribution in [0.15, 0.2) is 40.9 Å². The van der Waals surface area contributed by atoms with E-state index in [1.54, 1.807) is 6.07 Å². The molecule has 104 valence electrons. The van der Waals surface area contributed by atoms with E-state index in [9.17, 15) is 15.2 Å². The maximum atomic E-state index is 10.9. The van der Waals surface area contributed by atoms with Gasteiger partial charge in [0.2, 0.25) is 0 Å². The number of nitrogens with zero attached hydrogens (tertiary/aromatic N) is 1. The maximum Gasteiger partial charge on any atom is 0.296 e. The van der Waals surface area contributed by atoms with E-state index in [0.717, 1.165) is 16.1 Å². The molecular formula is C13H10BrClN2O3. The predicted octanol–water partition coefficient (Wildman–Crippen LogP) is 4.33. The summed E-state index contributed by atoms with van der Waals surface area (Å²) in [4.78, 5) is 10.4. The summed E-state index contributed by atoms with van der Waals surface area (Å²) in [5.74, 6) is -0.142. The Morgan fingerprint density at radius 3 is 2.70 bits per heavy atom. The second-order valence-corrected chi connectivity index (χ2v) is 5.32. The Morgan fingerprint density at radius 1 is 1.30 bits per heavy atom. The largest absolute Gasteiger partial charge is 0.508 e. The molecule has 2 rings (SSSR count). The summed E-state index contributed by atoms with van der Waals surface area (Å²) >= 11 is 9.22. The van der Waals surface area contributed by atoms with Crippen molar-refractivity contribution in [3.05, 3.63) is 61.6 Å². The zero-order valence-corrected chi connectivity index (χ0v) is 12.5. The van der Waals surface area contributed by atoms with Crippen molar-refractivity contribution < 1.29 is 10.0 Å². The molecule has 0 aliphatic rings. The van der Waals surface area contributed by atoms with Gasteiger partial charge in [-0.3, -0.25) is 10.1 Å². The first-order chi connectivity index (χ1) is 9.47. The van der Waals surface area contributed by atoms with Crippen molar-refractivity contribution in [1.29, 1.82) is 0 Å². The molecule has 0 unspecified atom stereocenters. The number of anilines is 1. The van der Waals surface area contributed by atoms with Gasteiger partial charge in [0, 0.05) is 11.0 Å². The first-order valence-electron chi connectivity index (χ1n) is 5.62. The number of benzene rings is 2. The lowest BCUT2D eigenvalue weighted by atomic mass is 10.2. The van der Waals surface area contributed by atoms with Gasteiger partial charge in [0.05, 0.1) is 16.0 Å². The Kier molecular flexibility index (Phi) is 4.46. The van der Waals surface area contributed by atoms with Crippen LogP contribution in [0.1, 0.15) is 5.56 Å². The summed E-state index contributed by atoms with van der Waals surface area (Å²) in [6, 6.07) is 9.38. The summed E-state index contributed by atoms with van der Waals surface area (Å²) in [5.41, 5.74) is 1.10. The van der Waals surface area contributed by atoms with Crippen molar-refractivity contribution >= 4 is 38.9 Å². The normalized spacial score (nSPS) is 10.3. The highest BCUT2D eigenvalue weighted by molar-refractivity contribution is 9.10. The van der Waals surface area contributed by atoms with Gasteiger partial charge in [0.25, 0.3) is 5.69 Å². The first kappa shape index (κ1) is 14.6. The highest BCUT2D eigenvalue weighted by Crippen LogP contribution is 2.29. The Morgan fingerprint density at radius 2 is 2.05 bits per heavy atom. The minimum absolute atomic E-state index is 0.142. The number of halogens is 2. The van der Waals surface area contributed by atoms with Crippen LogP contribution in [0.3, 0.4) is 0 Å². The smallest absolute Gasteiger partial charge is 0.296 e. The highest BCUT2D eigenvalue weighted by Gasteiger charge is 2.14. The van der Waals surface area contributed by atoms with Gasteiger partial charge in [-0.05, 0) is 45.8 Å². The summed E-state index contributed by atoms with van der Waals surface area (Å²) < 4.78 is 0.763. The molecule has 0 heterocycles. The molecule has 7 heteroatoms. The van der Waals surface area contributed by atoms with Gasteiger partial charge in [-0.15, -0.1) is 0 Å². The van der Waals surface area contributed by atoms with Crippen molar-refractivity contribution in [2.75, 3.05) is 5.32 Å². The Hall–Kier alpha value is -1.79. The third-order valence-corrected chi connectivity index (χ3v) is 3.86. The van der Waals surface area contributed by atoms with Gasteiger partial charge >= 0.3 is 0 Å². The second kappa shape index (κ2) is 6.11. The first-order valence-corrected chi connectivity index (χ1v) is 6.79. The lowest BCUT2D eigenvalue weighted by Crippen LogP contribution is -2.02. The quantitative estimate of drug-likeness (QED) is 0.485. The van der Waals surface area contributed by atoms with Crippen LogP contribution in [-0.4, -0.2) is 10.0 Å². The molecule has 0 aromatic heterocycles. The molecule has 0 saturated heterocycles. The van der Waals surface area contributed by atoms with E-state index in [2.05, 4.69) is 21.2 Å². The third-order valence-electron chi connectivity index (χ3n) is 2.64. The molecular weight excluding hydrogens is 348 g/mol. The van der Waals surface area contributed by atoms with Crippen LogP contribution in [0.25, 0.3) is 0 Å². The summed E-state index contributed by atoms with van der Waals surface area (Å²) in [6.07, 6.45) is 0. The number of nitro benzene ring substituents is 1. The van der Waals surface area contributed by atoms with Crippen molar-refractivity contribution in [2.24, 2.45) is 0 Å². The van der Waals surface area contributed by atoms with Crippen LogP contribution in [0.5, 0.6) is 5.75 Å². The molecule has 0 spiro atoms. The van der Waals surface area contributed by atoms with Crippen LogP contribution in [0.4, 0.5) is 11.4 Å². The van der Waals surface area contributed by atoms with Gasteiger partial charge in [0.15, 0.2) is 0 Å².